The van der Waals surface area contributed by atoms with Crippen LogP contribution in [-0.4, -0.2) is 30.8 Å². The summed E-state index contributed by atoms with van der Waals surface area (Å²) >= 11 is 0. The van der Waals surface area contributed by atoms with Crippen molar-refractivity contribution >= 4 is 39.0 Å². The van der Waals surface area contributed by atoms with Gasteiger partial charge in [0.1, 0.15) is 5.82 Å². The van der Waals surface area contributed by atoms with Gasteiger partial charge in [0.05, 0.1) is 10.4 Å². The summed E-state index contributed by atoms with van der Waals surface area (Å²) < 4.78 is 41.3. The third-order valence-corrected chi connectivity index (χ3v) is 7.44. The number of hydrogen-bond donors (Lipinski definition) is 0. The van der Waals surface area contributed by atoms with Crippen molar-refractivity contribution in [3.8, 4) is 0 Å². The lowest BCUT2D eigenvalue weighted by atomic mass is 10.00. The average Bonchev–Trinajstić information content (AvgIpc) is 3.05. The van der Waals surface area contributed by atoms with Crippen molar-refractivity contribution in [3.05, 3.63) is 89.0 Å². The molecular formula is C25H25ClFN3O2S. The smallest absolute Gasteiger partial charge is 0.177 e. The van der Waals surface area contributed by atoms with Gasteiger partial charge in [-0.15, -0.1) is 12.4 Å². The average molecular weight is 486 g/mol. The maximum Gasteiger partial charge on any atom is 0.177 e. The van der Waals surface area contributed by atoms with E-state index in [1.54, 1.807) is 18.3 Å². The molecule has 0 N–H and O–H groups in total. The van der Waals surface area contributed by atoms with E-state index in [-0.39, 0.29) is 18.2 Å². The topological polar surface area (TPSA) is 55.2 Å². The number of rotatable bonds is 4. The molecule has 4 aromatic rings. The molecule has 0 spiro atoms. The summed E-state index contributed by atoms with van der Waals surface area (Å²) in [7, 11) is -3.48. The van der Waals surface area contributed by atoms with Gasteiger partial charge in [-0.1, -0.05) is 36.4 Å². The van der Waals surface area contributed by atoms with Crippen molar-refractivity contribution in [2.75, 3.05) is 17.7 Å². The highest BCUT2D eigenvalue weighted by atomic mass is 35.5. The Kier molecular flexibility index (Phi) is 6.20. The van der Waals surface area contributed by atoms with E-state index in [1.807, 2.05) is 23.6 Å². The highest BCUT2D eigenvalue weighted by molar-refractivity contribution is 7.91. The first kappa shape index (κ1) is 23.3. The Hall–Kier alpha value is -2.90. The van der Waals surface area contributed by atoms with Crippen LogP contribution < -0.4 is 4.90 Å². The monoisotopic (exact) mass is 485 g/mol. The molecule has 3 heterocycles. The van der Waals surface area contributed by atoms with Gasteiger partial charge in [0.15, 0.2) is 15.7 Å². The van der Waals surface area contributed by atoms with Crippen molar-refractivity contribution < 1.29 is 12.8 Å². The molecule has 0 atom stereocenters. The van der Waals surface area contributed by atoms with Crippen LogP contribution in [-0.2, 0) is 29.3 Å². The Morgan fingerprint density at radius 2 is 1.82 bits per heavy atom. The van der Waals surface area contributed by atoms with Gasteiger partial charge in [0.2, 0.25) is 0 Å². The first-order valence-corrected chi connectivity index (χ1v) is 12.5. The number of aromatic nitrogens is 2. The first-order chi connectivity index (χ1) is 15.3. The molecule has 2 aromatic heterocycles. The van der Waals surface area contributed by atoms with Gasteiger partial charge in [-0.05, 0) is 48.2 Å². The van der Waals surface area contributed by atoms with E-state index in [1.165, 1.54) is 29.5 Å². The zero-order valence-corrected chi connectivity index (χ0v) is 20.1. The minimum absolute atomic E-state index is 0. The summed E-state index contributed by atoms with van der Waals surface area (Å²) in [6, 6.07) is 16.5. The fraction of sp³-hybridized carbons (Fsp3) is 0.240. The predicted molar refractivity (Wildman–Crippen MR) is 132 cm³/mol. The molecule has 8 heteroatoms. The molecule has 0 bridgehead atoms. The molecule has 0 unspecified atom stereocenters. The Bertz CT molecular complexity index is 1450. The van der Waals surface area contributed by atoms with Crippen molar-refractivity contribution in [1.82, 2.24) is 9.55 Å². The third kappa shape index (κ3) is 4.23. The second kappa shape index (κ2) is 8.80. The Morgan fingerprint density at radius 3 is 2.55 bits per heavy atom. The molecule has 5 rings (SSSR count). The van der Waals surface area contributed by atoms with E-state index in [2.05, 4.69) is 23.1 Å². The van der Waals surface area contributed by atoms with Crippen LogP contribution in [0.2, 0.25) is 0 Å². The molecule has 0 amide bonds. The molecule has 0 aliphatic carbocycles. The van der Waals surface area contributed by atoms with Crippen molar-refractivity contribution in [1.29, 1.82) is 0 Å². The largest absolute Gasteiger partial charge is 0.350 e. The molecule has 0 saturated heterocycles. The molecule has 2 aromatic carbocycles. The number of hydrogen-bond acceptors (Lipinski definition) is 4. The van der Waals surface area contributed by atoms with Crippen LogP contribution in [0.3, 0.4) is 0 Å². The summed E-state index contributed by atoms with van der Waals surface area (Å²) in [5, 5.41) is 0.658. The van der Waals surface area contributed by atoms with Crippen LogP contribution in [0, 0.1) is 12.7 Å². The molecule has 33 heavy (non-hydrogen) atoms. The third-order valence-electron chi connectivity index (χ3n) is 6.18. The quantitative estimate of drug-likeness (QED) is 0.411. The zero-order chi connectivity index (χ0) is 22.5. The number of sulfone groups is 1. The van der Waals surface area contributed by atoms with Crippen LogP contribution in [0.5, 0.6) is 0 Å². The Balaban J connectivity index is 0.00000259. The molecule has 0 saturated carbocycles. The van der Waals surface area contributed by atoms with Gasteiger partial charge in [-0.3, -0.25) is 0 Å². The zero-order valence-electron chi connectivity index (χ0n) is 18.5. The first-order valence-electron chi connectivity index (χ1n) is 10.6. The molecule has 1 aliphatic heterocycles. The maximum absolute atomic E-state index is 13.9. The van der Waals surface area contributed by atoms with Crippen LogP contribution in [0.4, 0.5) is 10.2 Å². The number of halogens is 2. The van der Waals surface area contributed by atoms with E-state index >= 15 is 0 Å². The van der Waals surface area contributed by atoms with Crippen molar-refractivity contribution in [2.45, 2.75) is 31.3 Å². The molecule has 0 radical (unpaired) electrons. The van der Waals surface area contributed by atoms with Crippen LogP contribution in [0.15, 0.2) is 65.7 Å². The van der Waals surface area contributed by atoms with Crippen molar-refractivity contribution in [3.63, 3.8) is 0 Å². The van der Waals surface area contributed by atoms with Gasteiger partial charge in [-0.25, -0.2) is 17.8 Å². The fourth-order valence-corrected chi connectivity index (χ4v) is 5.98. The number of nitrogens with zero attached hydrogens (tertiary/aromatic N) is 3. The van der Waals surface area contributed by atoms with Crippen LogP contribution >= 0.6 is 12.4 Å². The Morgan fingerprint density at radius 1 is 1.06 bits per heavy atom. The summed E-state index contributed by atoms with van der Waals surface area (Å²) in [6.45, 7) is 3.67. The number of benzene rings is 2. The van der Waals surface area contributed by atoms with Gasteiger partial charge in [0, 0.05) is 43.2 Å². The van der Waals surface area contributed by atoms with Crippen LogP contribution in [0.1, 0.15) is 22.4 Å². The van der Waals surface area contributed by atoms with E-state index in [9.17, 15) is 12.8 Å². The van der Waals surface area contributed by atoms with Gasteiger partial charge < -0.3 is 9.47 Å². The minimum Gasteiger partial charge on any atom is -0.350 e. The second-order valence-corrected chi connectivity index (χ2v) is 10.3. The molecule has 0 fully saturated rings. The Labute approximate surface area is 199 Å². The summed E-state index contributed by atoms with van der Waals surface area (Å²) in [5.41, 5.74) is 4.76. The van der Waals surface area contributed by atoms with E-state index in [4.69, 9.17) is 4.98 Å². The van der Waals surface area contributed by atoms with Gasteiger partial charge >= 0.3 is 0 Å². The van der Waals surface area contributed by atoms with Gasteiger partial charge in [-0.2, -0.15) is 0 Å². The maximum atomic E-state index is 13.9. The van der Waals surface area contributed by atoms with Crippen LogP contribution in [0.25, 0.3) is 10.9 Å². The van der Waals surface area contributed by atoms with E-state index in [0.717, 1.165) is 29.9 Å². The minimum atomic E-state index is -3.48. The molecular weight excluding hydrogens is 461 g/mol. The molecule has 1 aliphatic rings. The van der Waals surface area contributed by atoms with E-state index < -0.39 is 9.84 Å². The van der Waals surface area contributed by atoms with Crippen molar-refractivity contribution in [2.24, 2.45) is 0 Å². The molecule has 5 nitrogen and oxygen atoms in total. The lowest BCUT2D eigenvalue weighted by Gasteiger charge is -2.30. The number of fused-ring (bicyclic) bond motifs is 2. The molecule has 172 valence electrons. The highest BCUT2D eigenvalue weighted by Crippen LogP contribution is 2.36. The highest BCUT2D eigenvalue weighted by Gasteiger charge is 2.27. The SMILES string of the molecule is Cc1c(S(C)(=O)=O)c2ccnc(N3CCc4ccccc4C3)c2n1Cc1cccc(F)c1.Cl. The fourth-order valence-electron chi connectivity index (χ4n) is 4.77. The van der Waals surface area contributed by atoms with Gasteiger partial charge in [0.25, 0.3) is 0 Å². The standard InChI is InChI=1S/C25H24FN3O2S.ClH/c1-17-24(32(2,30)31)22-10-12-27-25(28-13-11-19-7-3-4-8-20(19)16-28)23(22)29(17)15-18-6-5-9-21(26)14-18;/h3-10,12,14H,11,13,15-16H2,1-2H3;1H. The summed E-state index contributed by atoms with van der Waals surface area (Å²) in [5.74, 6) is 0.442. The summed E-state index contributed by atoms with van der Waals surface area (Å²) in [6.07, 6.45) is 3.81. The number of pyridine rings is 1. The lowest BCUT2D eigenvalue weighted by molar-refractivity contribution is 0.601. The lowest BCUT2D eigenvalue weighted by Crippen LogP contribution is -2.31. The summed E-state index contributed by atoms with van der Waals surface area (Å²) in [4.78, 5) is 7.21. The number of anilines is 1. The van der Waals surface area contributed by atoms with E-state index in [0.29, 0.717) is 29.1 Å². The second-order valence-electron chi connectivity index (χ2n) is 8.37. The normalized spacial score (nSPS) is 13.6. The predicted octanol–water partition coefficient (Wildman–Crippen LogP) is 4.92.